The van der Waals surface area contributed by atoms with E-state index < -0.39 is 12.0 Å². The highest BCUT2D eigenvalue weighted by Gasteiger charge is 2.39. The molecule has 3 atom stereocenters. The number of nitrogens with one attached hydrogen (secondary N) is 1. The molecule has 0 aromatic rings. The molecule has 2 N–H and O–H groups in total. The Balaban J connectivity index is 1.98. The van der Waals surface area contributed by atoms with Gasteiger partial charge in [-0.1, -0.05) is 0 Å². The molecule has 0 saturated carbocycles. The Labute approximate surface area is 70.9 Å². The van der Waals surface area contributed by atoms with E-state index in [1.54, 1.807) is 0 Å². The molecule has 2 saturated heterocycles. The van der Waals surface area contributed by atoms with Crippen LogP contribution >= 0.6 is 0 Å². The molecule has 4 heteroatoms. The topological polar surface area (TPSA) is 58.6 Å². The Bertz CT molecular complexity index is 181. The second-order valence-electron chi connectivity index (χ2n) is 3.45. The van der Waals surface area contributed by atoms with Gasteiger partial charge in [-0.15, -0.1) is 0 Å². The summed E-state index contributed by atoms with van der Waals surface area (Å²) < 4.78 is 5.46. The van der Waals surface area contributed by atoms with Gasteiger partial charge in [0.25, 0.3) is 0 Å². The van der Waals surface area contributed by atoms with E-state index in [9.17, 15) is 4.79 Å². The molecule has 0 aliphatic carbocycles. The van der Waals surface area contributed by atoms with Gasteiger partial charge in [-0.2, -0.15) is 0 Å². The second-order valence-corrected chi connectivity index (χ2v) is 3.45. The van der Waals surface area contributed by atoms with E-state index in [0.29, 0.717) is 6.42 Å². The average molecular weight is 171 g/mol. The third-order valence-corrected chi connectivity index (χ3v) is 2.62. The molecule has 2 rings (SSSR count). The number of hydrogen-bond donors (Lipinski definition) is 2. The minimum absolute atomic E-state index is 0.139. The summed E-state index contributed by atoms with van der Waals surface area (Å²) in [5.74, 6) is -0.756. The summed E-state index contributed by atoms with van der Waals surface area (Å²) in [6.45, 7) is 0.787. The number of carboxylic acid groups (broad SMARTS) is 1. The maximum atomic E-state index is 10.6. The highest BCUT2D eigenvalue weighted by atomic mass is 16.5. The van der Waals surface area contributed by atoms with Crippen molar-refractivity contribution in [2.45, 2.75) is 37.5 Å². The monoisotopic (exact) mass is 171 g/mol. The third-order valence-electron chi connectivity index (χ3n) is 2.62. The van der Waals surface area contributed by atoms with Crippen molar-refractivity contribution in [2.75, 3.05) is 6.61 Å². The molecular weight excluding hydrogens is 158 g/mol. The van der Waals surface area contributed by atoms with Crippen LogP contribution in [0.5, 0.6) is 0 Å². The molecule has 2 heterocycles. The Morgan fingerprint density at radius 2 is 2.42 bits per heavy atom. The molecule has 0 aromatic carbocycles. The predicted octanol–water partition coefficient (Wildman–Crippen LogP) is -0.0195. The largest absolute Gasteiger partial charge is 0.480 e. The molecule has 0 radical (unpaired) electrons. The summed E-state index contributed by atoms with van der Waals surface area (Å²) >= 11 is 0. The smallest absolute Gasteiger partial charge is 0.320 e. The van der Waals surface area contributed by atoms with E-state index in [-0.39, 0.29) is 12.1 Å². The van der Waals surface area contributed by atoms with E-state index in [0.717, 1.165) is 19.4 Å². The lowest BCUT2D eigenvalue weighted by Crippen LogP contribution is -2.39. The minimum atomic E-state index is -0.756. The first-order valence-electron chi connectivity index (χ1n) is 4.38. The quantitative estimate of drug-likeness (QED) is 0.582. The van der Waals surface area contributed by atoms with Crippen molar-refractivity contribution in [2.24, 2.45) is 0 Å². The lowest BCUT2D eigenvalue weighted by atomic mass is 10.0. The standard InChI is InChI=1S/C8H13NO3/c10-8(11)6-4-7-5(9-6)2-1-3-12-7/h5-7,9H,1-4H2,(H,10,11). The van der Waals surface area contributed by atoms with Crippen molar-refractivity contribution in [3.05, 3.63) is 0 Å². The van der Waals surface area contributed by atoms with Crippen molar-refractivity contribution in [3.63, 3.8) is 0 Å². The van der Waals surface area contributed by atoms with Crippen LogP contribution < -0.4 is 5.32 Å². The van der Waals surface area contributed by atoms with Crippen LogP contribution in [-0.2, 0) is 9.53 Å². The van der Waals surface area contributed by atoms with Crippen LogP contribution in [0.25, 0.3) is 0 Å². The van der Waals surface area contributed by atoms with Gasteiger partial charge < -0.3 is 9.84 Å². The zero-order valence-corrected chi connectivity index (χ0v) is 6.82. The number of carboxylic acids is 1. The normalized spacial score (nSPS) is 40.8. The molecule has 68 valence electrons. The van der Waals surface area contributed by atoms with Gasteiger partial charge in [0.2, 0.25) is 0 Å². The van der Waals surface area contributed by atoms with E-state index in [2.05, 4.69) is 5.32 Å². The molecule has 12 heavy (non-hydrogen) atoms. The summed E-state index contributed by atoms with van der Waals surface area (Å²) in [7, 11) is 0. The zero-order chi connectivity index (χ0) is 8.55. The average Bonchev–Trinajstić information content (AvgIpc) is 2.46. The molecule has 2 aliphatic heterocycles. The highest BCUT2D eigenvalue weighted by molar-refractivity contribution is 5.74. The number of rotatable bonds is 1. The fourth-order valence-corrected chi connectivity index (χ4v) is 1.99. The van der Waals surface area contributed by atoms with E-state index in [1.807, 2.05) is 0 Å². The summed E-state index contributed by atoms with van der Waals surface area (Å²) in [6, 6.07) is -0.113. The van der Waals surface area contributed by atoms with Gasteiger partial charge in [0.1, 0.15) is 6.04 Å². The number of hydrogen-bond acceptors (Lipinski definition) is 3. The fourth-order valence-electron chi connectivity index (χ4n) is 1.99. The van der Waals surface area contributed by atoms with Crippen molar-refractivity contribution >= 4 is 5.97 Å². The first kappa shape index (κ1) is 8.01. The number of aliphatic carboxylic acids is 1. The number of ether oxygens (including phenoxy) is 1. The molecular formula is C8H13NO3. The summed E-state index contributed by atoms with van der Waals surface area (Å²) in [4.78, 5) is 10.6. The van der Waals surface area contributed by atoms with E-state index >= 15 is 0 Å². The first-order chi connectivity index (χ1) is 5.77. The van der Waals surface area contributed by atoms with Gasteiger partial charge in [0.15, 0.2) is 0 Å². The summed E-state index contributed by atoms with van der Waals surface area (Å²) in [5.41, 5.74) is 0. The van der Waals surface area contributed by atoms with Crippen LogP contribution in [0.15, 0.2) is 0 Å². The lowest BCUT2D eigenvalue weighted by molar-refractivity contribution is -0.139. The van der Waals surface area contributed by atoms with Crippen LogP contribution in [0, 0.1) is 0 Å². The summed E-state index contributed by atoms with van der Waals surface area (Å²) in [5, 5.41) is 11.8. The molecule has 3 unspecified atom stereocenters. The fraction of sp³-hybridized carbons (Fsp3) is 0.875. The Morgan fingerprint density at radius 3 is 3.08 bits per heavy atom. The maximum Gasteiger partial charge on any atom is 0.320 e. The highest BCUT2D eigenvalue weighted by Crippen LogP contribution is 2.24. The van der Waals surface area contributed by atoms with Crippen molar-refractivity contribution in [3.8, 4) is 0 Å². The van der Waals surface area contributed by atoms with Gasteiger partial charge >= 0.3 is 5.97 Å². The van der Waals surface area contributed by atoms with Crippen LogP contribution in [0.2, 0.25) is 0 Å². The third kappa shape index (κ3) is 1.32. The van der Waals surface area contributed by atoms with Gasteiger partial charge in [0.05, 0.1) is 6.10 Å². The van der Waals surface area contributed by atoms with Crippen LogP contribution in [-0.4, -0.2) is 35.9 Å². The molecule has 0 spiro atoms. The lowest BCUT2D eigenvalue weighted by Gasteiger charge is -2.24. The van der Waals surface area contributed by atoms with Gasteiger partial charge in [-0.3, -0.25) is 10.1 Å². The predicted molar refractivity (Wildman–Crippen MR) is 41.9 cm³/mol. The molecule has 0 aromatic heterocycles. The van der Waals surface area contributed by atoms with E-state index in [1.165, 1.54) is 0 Å². The van der Waals surface area contributed by atoms with Crippen molar-refractivity contribution < 1.29 is 14.6 Å². The van der Waals surface area contributed by atoms with Gasteiger partial charge in [0, 0.05) is 19.1 Å². The number of fused-ring (bicyclic) bond motifs is 1. The Kier molecular flexibility index (Phi) is 2.02. The van der Waals surface area contributed by atoms with Crippen molar-refractivity contribution in [1.29, 1.82) is 0 Å². The second kappa shape index (κ2) is 3.03. The molecule has 0 amide bonds. The first-order valence-corrected chi connectivity index (χ1v) is 4.38. The Morgan fingerprint density at radius 1 is 1.58 bits per heavy atom. The SMILES string of the molecule is O=C(O)C1CC2OCCCC2N1. The van der Waals surface area contributed by atoms with Crippen molar-refractivity contribution in [1.82, 2.24) is 5.32 Å². The molecule has 2 aliphatic rings. The van der Waals surface area contributed by atoms with Gasteiger partial charge in [-0.05, 0) is 12.8 Å². The van der Waals surface area contributed by atoms with Crippen LogP contribution in [0.1, 0.15) is 19.3 Å². The minimum Gasteiger partial charge on any atom is -0.480 e. The number of carbonyl (C=O) groups is 1. The Hall–Kier alpha value is -0.610. The van der Waals surface area contributed by atoms with Crippen LogP contribution in [0.3, 0.4) is 0 Å². The van der Waals surface area contributed by atoms with E-state index in [4.69, 9.17) is 9.84 Å². The van der Waals surface area contributed by atoms with Crippen LogP contribution in [0.4, 0.5) is 0 Å². The zero-order valence-electron chi connectivity index (χ0n) is 6.82. The molecule has 2 fully saturated rings. The summed E-state index contributed by atoms with van der Waals surface area (Å²) in [6.07, 6.45) is 2.86. The van der Waals surface area contributed by atoms with Gasteiger partial charge in [-0.25, -0.2) is 0 Å². The molecule has 0 bridgehead atoms. The molecule has 4 nitrogen and oxygen atoms in total. The maximum absolute atomic E-state index is 10.6.